The molecule has 3 amide bonds. The third-order valence-electron chi connectivity index (χ3n) is 3.74. The number of rotatable bonds is 7. The summed E-state index contributed by atoms with van der Waals surface area (Å²) >= 11 is 1.09. The van der Waals surface area contributed by atoms with E-state index in [1.807, 2.05) is 30.3 Å². The van der Waals surface area contributed by atoms with Crippen molar-refractivity contribution in [1.29, 1.82) is 0 Å². The standard InChI is InChI=1S/C19H17N3O4S/c20-17(23)13(11-12-5-2-1-3-6-12)21-19(25)15-8-9-16(27-15)22-18(24)14-7-4-10-26-14/h1-10,13H,11H2,(H2,20,23)(H,21,25)(H,22,24). The minimum absolute atomic E-state index is 0.172. The number of nitrogens with one attached hydrogen (secondary N) is 2. The Labute approximate surface area is 159 Å². The number of thiophene rings is 1. The molecular weight excluding hydrogens is 366 g/mol. The molecule has 0 saturated heterocycles. The molecule has 1 aromatic carbocycles. The van der Waals surface area contributed by atoms with Gasteiger partial charge in [-0.25, -0.2) is 0 Å². The predicted octanol–water partition coefficient (Wildman–Crippen LogP) is 2.42. The lowest BCUT2D eigenvalue weighted by Gasteiger charge is -2.15. The summed E-state index contributed by atoms with van der Waals surface area (Å²) in [5.74, 6) is -1.28. The van der Waals surface area contributed by atoms with E-state index in [1.165, 1.54) is 12.3 Å². The van der Waals surface area contributed by atoms with Crippen molar-refractivity contribution in [2.24, 2.45) is 5.73 Å². The molecule has 4 N–H and O–H groups in total. The lowest BCUT2D eigenvalue weighted by molar-refractivity contribution is -0.119. The Morgan fingerprint density at radius 2 is 1.78 bits per heavy atom. The minimum Gasteiger partial charge on any atom is -0.459 e. The number of carbonyl (C=O) groups is 3. The maximum Gasteiger partial charge on any atom is 0.291 e. The summed E-state index contributed by atoms with van der Waals surface area (Å²) in [6, 6.07) is 14.8. The third-order valence-corrected chi connectivity index (χ3v) is 4.74. The van der Waals surface area contributed by atoms with E-state index in [1.54, 1.807) is 18.2 Å². The molecule has 0 spiro atoms. The van der Waals surface area contributed by atoms with Gasteiger partial charge in [0.2, 0.25) is 5.91 Å². The SMILES string of the molecule is NC(=O)C(Cc1ccccc1)NC(=O)c1ccc(NC(=O)c2ccco2)s1. The smallest absolute Gasteiger partial charge is 0.291 e. The average Bonchev–Trinajstić information content (AvgIpc) is 3.34. The summed E-state index contributed by atoms with van der Waals surface area (Å²) in [6.07, 6.45) is 1.70. The molecule has 2 heterocycles. The van der Waals surface area contributed by atoms with Crippen LogP contribution in [0, 0.1) is 0 Å². The number of amides is 3. The van der Waals surface area contributed by atoms with Crippen LogP contribution in [-0.4, -0.2) is 23.8 Å². The molecule has 1 atom stereocenters. The molecule has 0 aliphatic rings. The zero-order valence-electron chi connectivity index (χ0n) is 14.2. The van der Waals surface area contributed by atoms with Crippen molar-refractivity contribution in [1.82, 2.24) is 5.32 Å². The van der Waals surface area contributed by atoms with E-state index in [2.05, 4.69) is 10.6 Å². The predicted molar refractivity (Wildman–Crippen MR) is 102 cm³/mol. The fraction of sp³-hybridized carbons (Fsp3) is 0.105. The Morgan fingerprint density at radius 1 is 1.00 bits per heavy atom. The van der Waals surface area contributed by atoms with Gasteiger partial charge in [0.15, 0.2) is 5.76 Å². The Balaban J connectivity index is 1.63. The zero-order chi connectivity index (χ0) is 19.2. The molecule has 3 rings (SSSR count). The number of hydrogen-bond donors (Lipinski definition) is 3. The van der Waals surface area contributed by atoms with Gasteiger partial charge in [0, 0.05) is 6.42 Å². The van der Waals surface area contributed by atoms with E-state index in [0.29, 0.717) is 16.3 Å². The highest BCUT2D eigenvalue weighted by Crippen LogP contribution is 2.23. The van der Waals surface area contributed by atoms with Gasteiger partial charge in [0.05, 0.1) is 16.1 Å². The average molecular weight is 383 g/mol. The molecule has 3 aromatic rings. The fourth-order valence-electron chi connectivity index (χ4n) is 2.41. The second kappa shape index (κ2) is 8.33. The van der Waals surface area contributed by atoms with Crippen LogP contribution in [-0.2, 0) is 11.2 Å². The Kier molecular flexibility index (Phi) is 5.68. The second-order valence-corrected chi connectivity index (χ2v) is 6.80. The first-order valence-corrected chi connectivity index (χ1v) is 8.93. The van der Waals surface area contributed by atoms with Crippen molar-refractivity contribution in [2.45, 2.75) is 12.5 Å². The number of primary amides is 1. The van der Waals surface area contributed by atoms with E-state index < -0.39 is 23.8 Å². The van der Waals surface area contributed by atoms with Gasteiger partial charge in [-0.3, -0.25) is 14.4 Å². The molecular formula is C19H17N3O4S. The van der Waals surface area contributed by atoms with Crippen LogP contribution >= 0.6 is 11.3 Å². The summed E-state index contributed by atoms with van der Waals surface area (Å²) < 4.78 is 5.02. The molecule has 0 fully saturated rings. The van der Waals surface area contributed by atoms with Crippen molar-refractivity contribution in [3.05, 3.63) is 77.1 Å². The maximum atomic E-state index is 12.4. The molecule has 0 saturated carbocycles. The molecule has 0 aliphatic heterocycles. The van der Waals surface area contributed by atoms with E-state index >= 15 is 0 Å². The minimum atomic E-state index is -0.830. The van der Waals surface area contributed by atoms with Crippen LogP contribution in [0.2, 0.25) is 0 Å². The fourth-order valence-corrected chi connectivity index (χ4v) is 3.21. The summed E-state index contributed by atoms with van der Waals surface area (Å²) in [5.41, 5.74) is 6.31. The number of benzene rings is 1. The van der Waals surface area contributed by atoms with Gasteiger partial charge in [-0.15, -0.1) is 11.3 Å². The number of hydrogen-bond acceptors (Lipinski definition) is 5. The van der Waals surface area contributed by atoms with Gasteiger partial charge in [-0.1, -0.05) is 30.3 Å². The first-order valence-electron chi connectivity index (χ1n) is 8.11. The van der Waals surface area contributed by atoms with Crippen LogP contribution in [0.1, 0.15) is 25.8 Å². The lowest BCUT2D eigenvalue weighted by Crippen LogP contribution is -2.45. The van der Waals surface area contributed by atoms with Crippen molar-refractivity contribution >= 4 is 34.1 Å². The van der Waals surface area contributed by atoms with Gasteiger partial charge in [0.25, 0.3) is 11.8 Å². The van der Waals surface area contributed by atoms with E-state index in [0.717, 1.165) is 16.9 Å². The first-order chi connectivity index (χ1) is 13.0. The number of anilines is 1. The van der Waals surface area contributed by atoms with Gasteiger partial charge in [-0.2, -0.15) is 0 Å². The molecule has 7 nitrogen and oxygen atoms in total. The van der Waals surface area contributed by atoms with Crippen LogP contribution in [0.5, 0.6) is 0 Å². The molecule has 0 bridgehead atoms. The highest BCUT2D eigenvalue weighted by atomic mass is 32.1. The second-order valence-electron chi connectivity index (χ2n) is 5.71. The molecule has 8 heteroatoms. The van der Waals surface area contributed by atoms with Crippen molar-refractivity contribution in [3.8, 4) is 0 Å². The summed E-state index contributed by atoms with van der Waals surface area (Å²) in [6.45, 7) is 0. The van der Waals surface area contributed by atoms with Crippen LogP contribution in [0.25, 0.3) is 0 Å². The van der Waals surface area contributed by atoms with Gasteiger partial charge in [0.1, 0.15) is 6.04 Å². The normalized spacial score (nSPS) is 11.6. The van der Waals surface area contributed by atoms with Gasteiger partial charge in [-0.05, 0) is 29.8 Å². The van der Waals surface area contributed by atoms with Crippen LogP contribution in [0.15, 0.2) is 65.3 Å². The van der Waals surface area contributed by atoms with E-state index in [9.17, 15) is 14.4 Å². The largest absolute Gasteiger partial charge is 0.459 e. The van der Waals surface area contributed by atoms with E-state index in [-0.39, 0.29) is 5.76 Å². The summed E-state index contributed by atoms with van der Waals surface area (Å²) in [7, 11) is 0. The van der Waals surface area contributed by atoms with Gasteiger partial charge < -0.3 is 20.8 Å². The van der Waals surface area contributed by atoms with Gasteiger partial charge >= 0.3 is 0 Å². The van der Waals surface area contributed by atoms with Crippen molar-refractivity contribution in [3.63, 3.8) is 0 Å². The Bertz CT molecular complexity index is 935. The molecule has 138 valence electrons. The third kappa shape index (κ3) is 4.83. The lowest BCUT2D eigenvalue weighted by atomic mass is 10.1. The van der Waals surface area contributed by atoms with E-state index in [4.69, 9.17) is 10.2 Å². The molecule has 27 heavy (non-hydrogen) atoms. The number of nitrogens with two attached hydrogens (primary N) is 1. The van der Waals surface area contributed by atoms with Crippen LogP contribution in [0.3, 0.4) is 0 Å². The zero-order valence-corrected chi connectivity index (χ0v) is 15.0. The monoisotopic (exact) mass is 383 g/mol. The molecule has 2 aromatic heterocycles. The maximum absolute atomic E-state index is 12.4. The topological polar surface area (TPSA) is 114 Å². The quantitative estimate of drug-likeness (QED) is 0.581. The van der Waals surface area contributed by atoms with Crippen molar-refractivity contribution in [2.75, 3.05) is 5.32 Å². The Hall–Kier alpha value is -3.39. The number of carbonyl (C=O) groups excluding carboxylic acids is 3. The summed E-state index contributed by atoms with van der Waals surface area (Å²) in [5, 5.41) is 5.78. The first kappa shape index (κ1) is 18.4. The number of furan rings is 1. The van der Waals surface area contributed by atoms with Crippen LogP contribution < -0.4 is 16.4 Å². The van der Waals surface area contributed by atoms with Crippen LogP contribution in [0.4, 0.5) is 5.00 Å². The highest BCUT2D eigenvalue weighted by molar-refractivity contribution is 7.18. The molecule has 0 aliphatic carbocycles. The Morgan fingerprint density at radius 3 is 2.44 bits per heavy atom. The molecule has 1 unspecified atom stereocenters. The molecule has 0 radical (unpaired) electrons. The summed E-state index contributed by atoms with van der Waals surface area (Å²) in [4.78, 5) is 36.4. The van der Waals surface area contributed by atoms with Crippen molar-refractivity contribution < 1.29 is 18.8 Å². The highest BCUT2D eigenvalue weighted by Gasteiger charge is 2.21.